The highest BCUT2D eigenvalue weighted by molar-refractivity contribution is 7.22. The zero-order valence-corrected chi connectivity index (χ0v) is 26.4. The number of thiazole rings is 1. The van der Waals surface area contributed by atoms with E-state index in [9.17, 15) is 37.1 Å². The third kappa shape index (κ3) is 7.24. The highest BCUT2D eigenvalue weighted by atomic mass is 32.1. The van der Waals surface area contributed by atoms with Gasteiger partial charge in [0.05, 0.1) is 18.6 Å². The van der Waals surface area contributed by atoms with E-state index in [0.29, 0.717) is 17.2 Å². The van der Waals surface area contributed by atoms with Crippen LogP contribution in [0.3, 0.4) is 0 Å². The molecule has 1 aliphatic heterocycles. The van der Waals surface area contributed by atoms with Crippen LogP contribution in [-0.2, 0) is 11.3 Å². The number of carboxylic acids is 1. The van der Waals surface area contributed by atoms with Gasteiger partial charge in [0, 0.05) is 11.3 Å². The minimum Gasteiger partial charge on any atom is -0.479 e. The van der Waals surface area contributed by atoms with Gasteiger partial charge in [-0.2, -0.15) is 17.6 Å². The summed E-state index contributed by atoms with van der Waals surface area (Å²) in [7, 11) is 0. The van der Waals surface area contributed by atoms with Crippen LogP contribution in [0.15, 0.2) is 60.7 Å². The van der Waals surface area contributed by atoms with E-state index in [4.69, 9.17) is 5.11 Å². The van der Waals surface area contributed by atoms with Gasteiger partial charge < -0.3 is 25.0 Å². The molecule has 2 aliphatic rings. The van der Waals surface area contributed by atoms with Crippen LogP contribution in [-0.4, -0.2) is 58.0 Å². The van der Waals surface area contributed by atoms with Crippen molar-refractivity contribution < 1.29 is 51.6 Å². The molecular formula is C33H30F4N4O7S. The molecule has 1 saturated carbocycles. The van der Waals surface area contributed by atoms with E-state index in [-0.39, 0.29) is 27.5 Å². The largest absolute Gasteiger partial charge is 0.507 e. The number of carboxylic acid groups (broad SMARTS) is 1. The zero-order chi connectivity index (χ0) is 34.9. The first-order valence-corrected chi connectivity index (χ1v) is 16.2. The number of rotatable bonds is 9. The lowest BCUT2D eigenvalue weighted by atomic mass is 9.84. The molecule has 3 amide bonds. The van der Waals surface area contributed by atoms with Crippen molar-refractivity contribution in [2.45, 2.75) is 62.9 Å². The van der Waals surface area contributed by atoms with Crippen molar-refractivity contribution >= 4 is 50.3 Å². The van der Waals surface area contributed by atoms with Crippen molar-refractivity contribution in [2.75, 3.05) is 16.8 Å². The van der Waals surface area contributed by atoms with Gasteiger partial charge in [-0.15, -0.1) is 0 Å². The summed E-state index contributed by atoms with van der Waals surface area (Å²) in [6.45, 7) is -0.462. The number of hydrogen-bond acceptors (Lipinski definition) is 8. The number of urea groups is 1. The van der Waals surface area contributed by atoms with E-state index in [0.717, 1.165) is 48.6 Å². The van der Waals surface area contributed by atoms with Gasteiger partial charge in [-0.25, -0.2) is 14.6 Å². The van der Waals surface area contributed by atoms with Crippen molar-refractivity contribution in [1.29, 1.82) is 0 Å². The first kappa shape index (κ1) is 33.9. The maximum Gasteiger partial charge on any atom is 0.507 e. The number of aromatic nitrogens is 1. The fraction of sp³-hybridized carbons (Fsp3) is 0.333. The SMILES string of the molecule is O=C(NC[C@@H](O)C(=O)O)c1ccc(CN(C(=O)Nc2nc3ccc4c(c3s2)OC(F)(F)C(F)(F)O4)c2ccc(C3CCCCC3)cc2)cc1. The van der Waals surface area contributed by atoms with Crippen molar-refractivity contribution in [3.05, 3.63) is 77.4 Å². The predicted octanol–water partition coefficient (Wildman–Crippen LogP) is 6.71. The Morgan fingerprint density at radius 3 is 2.29 bits per heavy atom. The fourth-order valence-corrected chi connectivity index (χ4v) is 6.62. The van der Waals surface area contributed by atoms with E-state index in [1.54, 1.807) is 12.1 Å². The monoisotopic (exact) mass is 702 g/mol. The van der Waals surface area contributed by atoms with Gasteiger partial charge in [-0.1, -0.05) is 54.9 Å². The van der Waals surface area contributed by atoms with E-state index >= 15 is 0 Å². The van der Waals surface area contributed by atoms with Crippen molar-refractivity contribution in [2.24, 2.45) is 0 Å². The van der Waals surface area contributed by atoms with Gasteiger partial charge in [-0.3, -0.25) is 15.0 Å². The third-order valence-corrected chi connectivity index (χ3v) is 9.31. The zero-order valence-electron chi connectivity index (χ0n) is 25.6. The summed E-state index contributed by atoms with van der Waals surface area (Å²) in [5.74, 6) is -2.87. The summed E-state index contributed by atoms with van der Waals surface area (Å²) in [5, 5.41) is 23.2. The highest BCUT2D eigenvalue weighted by Gasteiger charge is 2.66. The molecule has 6 rings (SSSR count). The average molecular weight is 703 g/mol. The van der Waals surface area contributed by atoms with Crippen LogP contribution in [0.2, 0.25) is 0 Å². The summed E-state index contributed by atoms with van der Waals surface area (Å²) < 4.78 is 64.0. The Bertz CT molecular complexity index is 1870. The van der Waals surface area contributed by atoms with Crippen LogP contribution in [0.1, 0.15) is 59.5 Å². The Hall–Kier alpha value is -4.96. The van der Waals surface area contributed by atoms with Crippen molar-refractivity contribution in [3.8, 4) is 11.5 Å². The maximum absolute atomic E-state index is 14.0. The van der Waals surface area contributed by atoms with Crippen LogP contribution in [0.25, 0.3) is 10.2 Å². The van der Waals surface area contributed by atoms with Crippen LogP contribution in [0.4, 0.5) is 33.2 Å². The third-order valence-electron chi connectivity index (χ3n) is 8.32. The van der Waals surface area contributed by atoms with Crippen molar-refractivity contribution in [1.82, 2.24) is 10.3 Å². The second-order valence-electron chi connectivity index (χ2n) is 11.7. The molecule has 1 aliphatic carbocycles. The van der Waals surface area contributed by atoms with Crippen LogP contribution < -0.4 is 25.0 Å². The topological polar surface area (TPSA) is 150 Å². The summed E-state index contributed by atoms with van der Waals surface area (Å²) in [6, 6.07) is 15.4. The number of aliphatic carboxylic acids is 1. The number of fused-ring (bicyclic) bond motifs is 3. The first-order valence-electron chi connectivity index (χ1n) is 15.3. The average Bonchev–Trinajstić information content (AvgIpc) is 3.50. The lowest BCUT2D eigenvalue weighted by Gasteiger charge is -2.31. The van der Waals surface area contributed by atoms with Crippen LogP contribution in [0.5, 0.6) is 11.5 Å². The highest BCUT2D eigenvalue weighted by Crippen LogP contribution is 2.51. The molecule has 1 aromatic heterocycles. The molecule has 0 radical (unpaired) electrons. The standard InChI is InChI=1S/C33H30F4N4O7S/c34-32(35)33(36,37)48-26-25(47-32)15-14-23-27(26)49-30(39-23)40-31(46)41(22-12-10-20(11-13-22)19-4-2-1-3-5-19)17-18-6-8-21(9-7-18)28(43)38-16-24(42)29(44)45/h6-15,19,24,42H,1-5,16-17H2,(H,38,43)(H,44,45)(H,39,40,46)/t24-/m1/s1. The second kappa shape index (κ2) is 13.5. The number of carbonyl (C=O) groups excluding carboxylic acids is 2. The number of aliphatic hydroxyl groups excluding tert-OH is 1. The molecule has 0 spiro atoms. The summed E-state index contributed by atoms with van der Waals surface area (Å²) in [5.41, 5.74) is 2.60. The van der Waals surface area contributed by atoms with Crippen molar-refractivity contribution in [3.63, 3.8) is 0 Å². The quantitative estimate of drug-likeness (QED) is 0.141. The normalized spacial score (nSPS) is 17.2. The van der Waals surface area contributed by atoms with Gasteiger partial charge in [0.1, 0.15) is 4.70 Å². The number of halogens is 4. The second-order valence-corrected chi connectivity index (χ2v) is 12.7. The summed E-state index contributed by atoms with van der Waals surface area (Å²) >= 11 is 0.743. The Morgan fingerprint density at radius 1 is 0.939 bits per heavy atom. The molecule has 11 nitrogen and oxygen atoms in total. The van der Waals surface area contributed by atoms with Gasteiger partial charge in [-0.05, 0) is 66.3 Å². The molecule has 1 fully saturated rings. The number of hydrogen-bond donors (Lipinski definition) is 4. The number of benzene rings is 3. The molecule has 4 aromatic rings. The number of carbonyl (C=O) groups is 3. The number of anilines is 2. The van der Waals surface area contributed by atoms with Gasteiger partial charge in [0.15, 0.2) is 22.7 Å². The van der Waals surface area contributed by atoms with E-state index in [2.05, 4.69) is 25.1 Å². The number of ether oxygens (including phenoxy) is 2. The molecule has 1 atom stereocenters. The minimum atomic E-state index is -4.93. The molecule has 16 heteroatoms. The minimum absolute atomic E-state index is 0.0166. The molecule has 0 saturated heterocycles. The number of nitrogens with one attached hydrogen (secondary N) is 2. The number of amides is 3. The van der Waals surface area contributed by atoms with Gasteiger partial charge in [0.25, 0.3) is 5.91 Å². The Morgan fingerprint density at radius 2 is 1.61 bits per heavy atom. The molecule has 258 valence electrons. The van der Waals surface area contributed by atoms with Gasteiger partial charge >= 0.3 is 24.2 Å². The number of aliphatic hydroxyl groups is 1. The molecule has 2 heterocycles. The molecule has 0 unspecified atom stereocenters. The van der Waals surface area contributed by atoms with Crippen LogP contribution >= 0.6 is 11.3 Å². The Labute approximate surface area is 280 Å². The molecule has 3 aromatic carbocycles. The van der Waals surface area contributed by atoms with E-state index < -0.39 is 54.3 Å². The first-order chi connectivity index (χ1) is 23.3. The molecule has 49 heavy (non-hydrogen) atoms. The Kier molecular flexibility index (Phi) is 9.35. The summed E-state index contributed by atoms with van der Waals surface area (Å²) in [6.07, 6.45) is -5.90. The number of nitrogens with zero attached hydrogens (tertiary/aromatic N) is 2. The van der Waals surface area contributed by atoms with Crippen LogP contribution in [0, 0.1) is 0 Å². The lowest BCUT2D eigenvalue weighted by molar-refractivity contribution is -0.391. The van der Waals surface area contributed by atoms with E-state index in [1.807, 2.05) is 24.3 Å². The molecule has 4 N–H and O–H groups in total. The maximum atomic E-state index is 14.0. The lowest BCUT2D eigenvalue weighted by Crippen LogP contribution is -2.52. The fourth-order valence-electron chi connectivity index (χ4n) is 5.69. The smallest absolute Gasteiger partial charge is 0.479 e. The van der Waals surface area contributed by atoms with E-state index in [1.165, 1.54) is 29.5 Å². The molecule has 0 bridgehead atoms. The van der Waals surface area contributed by atoms with Gasteiger partial charge in [0.2, 0.25) is 0 Å². The molecular weight excluding hydrogens is 672 g/mol. The summed E-state index contributed by atoms with van der Waals surface area (Å²) in [4.78, 5) is 42.8. The predicted molar refractivity (Wildman–Crippen MR) is 171 cm³/mol. The Balaban J connectivity index is 1.24. The number of alkyl halides is 4.